The Balaban J connectivity index is 2.07. The van der Waals surface area contributed by atoms with Crippen molar-refractivity contribution in [1.29, 1.82) is 0 Å². The average molecular weight is 186 g/mol. The van der Waals surface area contributed by atoms with Crippen molar-refractivity contribution < 1.29 is 4.79 Å². The van der Waals surface area contributed by atoms with Gasteiger partial charge in [0, 0.05) is 17.8 Å². The van der Waals surface area contributed by atoms with Gasteiger partial charge in [-0.1, -0.05) is 31.2 Å². The number of hydrogen-bond donors (Lipinski definition) is 0. The van der Waals surface area contributed by atoms with E-state index in [1.807, 2.05) is 0 Å². The molecule has 0 heterocycles. The second-order valence-electron chi connectivity index (χ2n) is 4.56. The molecular weight excluding hydrogens is 172 g/mol. The molecule has 0 amide bonds. The molecule has 72 valence electrons. The van der Waals surface area contributed by atoms with Crippen molar-refractivity contribution in [2.45, 2.75) is 25.7 Å². The molecule has 0 aromatic heterocycles. The summed E-state index contributed by atoms with van der Waals surface area (Å²) in [6.07, 6.45) is 2.17. The molecule has 3 rings (SSSR count). The van der Waals surface area contributed by atoms with Crippen LogP contribution in [0.2, 0.25) is 0 Å². The minimum atomic E-state index is 0.265. The molecule has 1 nitrogen and oxygen atoms in total. The fourth-order valence-corrected chi connectivity index (χ4v) is 3.13. The van der Waals surface area contributed by atoms with Crippen LogP contribution in [-0.2, 0) is 11.2 Å². The largest absolute Gasteiger partial charge is 0.299 e. The zero-order chi connectivity index (χ0) is 9.71. The lowest BCUT2D eigenvalue weighted by Crippen LogP contribution is -2.46. The number of Topliss-reactive ketones (excluding diaryl/α,β-unsaturated/α-hetero) is 1. The van der Waals surface area contributed by atoms with E-state index in [4.69, 9.17) is 0 Å². The van der Waals surface area contributed by atoms with Crippen LogP contribution in [0.3, 0.4) is 0 Å². The number of ketones is 1. The van der Waals surface area contributed by atoms with E-state index in [1.165, 1.54) is 11.1 Å². The summed E-state index contributed by atoms with van der Waals surface area (Å²) in [4.78, 5) is 11.6. The van der Waals surface area contributed by atoms with Gasteiger partial charge in [-0.15, -0.1) is 0 Å². The average Bonchev–Trinajstić information content (AvgIpc) is 2.26. The number of carbonyl (C=O) groups is 1. The van der Waals surface area contributed by atoms with Gasteiger partial charge >= 0.3 is 0 Å². The predicted molar refractivity (Wildman–Crippen MR) is 55.2 cm³/mol. The lowest BCUT2D eigenvalue weighted by atomic mass is 9.56. The fourth-order valence-electron chi connectivity index (χ4n) is 3.13. The standard InChI is InChI=1S/C13H14O/c1-8-12-10-5-3-2-4-9(10)6-7-11(12)13(8)14/h2-5,8,11-12H,6-7H2,1H3. The van der Waals surface area contributed by atoms with Gasteiger partial charge in [-0.3, -0.25) is 4.79 Å². The smallest absolute Gasteiger partial charge is 0.140 e. The SMILES string of the molecule is CC1C(=O)C2CCc3ccccc3C12. The minimum absolute atomic E-state index is 0.265. The van der Waals surface area contributed by atoms with E-state index in [0.717, 1.165) is 12.8 Å². The molecule has 3 atom stereocenters. The summed E-state index contributed by atoms with van der Waals surface area (Å²) < 4.78 is 0. The molecule has 2 aliphatic carbocycles. The predicted octanol–water partition coefficient (Wildman–Crippen LogP) is 2.55. The summed E-state index contributed by atoms with van der Waals surface area (Å²) >= 11 is 0. The summed E-state index contributed by atoms with van der Waals surface area (Å²) in [6.45, 7) is 2.08. The van der Waals surface area contributed by atoms with Crippen molar-refractivity contribution in [3.63, 3.8) is 0 Å². The maximum absolute atomic E-state index is 11.6. The molecule has 0 aliphatic heterocycles. The van der Waals surface area contributed by atoms with E-state index in [9.17, 15) is 4.79 Å². The van der Waals surface area contributed by atoms with E-state index in [-0.39, 0.29) is 5.92 Å². The van der Waals surface area contributed by atoms with Crippen LogP contribution < -0.4 is 0 Å². The number of aryl methyl sites for hydroxylation is 1. The van der Waals surface area contributed by atoms with Gasteiger partial charge in [0.05, 0.1) is 0 Å². The highest BCUT2D eigenvalue weighted by atomic mass is 16.1. The van der Waals surface area contributed by atoms with Crippen molar-refractivity contribution in [3.05, 3.63) is 35.4 Å². The lowest BCUT2D eigenvalue weighted by Gasteiger charge is -2.45. The maximum Gasteiger partial charge on any atom is 0.140 e. The van der Waals surface area contributed by atoms with Crippen molar-refractivity contribution in [2.75, 3.05) is 0 Å². The maximum atomic E-state index is 11.6. The fraction of sp³-hybridized carbons (Fsp3) is 0.462. The van der Waals surface area contributed by atoms with Crippen LogP contribution in [0.25, 0.3) is 0 Å². The molecule has 1 aromatic carbocycles. The highest BCUT2D eigenvalue weighted by Crippen LogP contribution is 2.50. The first-order valence-electron chi connectivity index (χ1n) is 5.40. The third kappa shape index (κ3) is 0.875. The molecule has 1 fully saturated rings. The lowest BCUT2D eigenvalue weighted by molar-refractivity contribution is -0.138. The molecule has 0 bridgehead atoms. The van der Waals surface area contributed by atoms with Crippen molar-refractivity contribution in [3.8, 4) is 0 Å². The third-order valence-corrected chi connectivity index (χ3v) is 3.93. The summed E-state index contributed by atoms with van der Waals surface area (Å²) in [7, 11) is 0. The highest BCUT2D eigenvalue weighted by Gasteiger charge is 2.49. The Hall–Kier alpha value is -1.11. The summed E-state index contributed by atoms with van der Waals surface area (Å²) in [5.74, 6) is 1.64. The van der Waals surface area contributed by atoms with Gasteiger partial charge in [0.2, 0.25) is 0 Å². The monoisotopic (exact) mass is 186 g/mol. The van der Waals surface area contributed by atoms with Crippen LogP contribution in [0.5, 0.6) is 0 Å². The first-order chi connectivity index (χ1) is 6.79. The molecule has 2 aliphatic rings. The first-order valence-corrected chi connectivity index (χ1v) is 5.40. The van der Waals surface area contributed by atoms with Gasteiger partial charge in [0.1, 0.15) is 5.78 Å². The molecule has 1 heteroatoms. The molecule has 0 saturated heterocycles. The molecule has 3 unspecified atom stereocenters. The molecule has 1 aromatic rings. The number of hydrogen-bond acceptors (Lipinski definition) is 1. The quantitative estimate of drug-likeness (QED) is 0.608. The Morgan fingerprint density at radius 3 is 2.93 bits per heavy atom. The van der Waals surface area contributed by atoms with Crippen molar-refractivity contribution >= 4 is 5.78 Å². The molecular formula is C13H14O. The normalized spacial score (nSPS) is 34.4. The Morgan fingerprint density at radius 2 is 2.07 bits per heavy atom. The van der Waals surface area contributed by atoms with Crippen LogP contribution in [0.15, 0.2) is 24.3 Å². The molecule has 14 heavy (non-hydrogen) atoms. The van der Waals surface area contributed by atoms with Crippen LogP contribution in [0.4, 0.5) is 0 Å². The second-order valence-corrected chi connectivity index (χ2v) is 4.56. The van der Waals surface area contributed by atoms with Crippen molar-refractivity contribution in [2.24, 2.45) is 11.8 Å². The van der Waals surface area contributed by atoms with Gasteiger partial charge in [0.25, 0.3) is 0 Å². The van der Waals surface area contributed by atoms with Gasteiger partial charge < -0.3 is 0 Å². The van der Waals surface area contributed by atoms with Gasteiger partial charge in [-0.05, 0) is 24.0 Å². The number of fused-ring (bicyclic) bond motifs is 3. The molecule has 0 radical (unpaired) electrons. The van der Waals surface area contributed by atoms with Crippen LogP contribution >= 0.6 is 0 Å². The number of carbonyl (C=O) groups excluding carboxylic acids is 1. The summed E-state index contributed by atoms with van der Waals surface area (Å²) in [5, 5.41) is 0. The van der Waals surface area contributed by atoms with E-state index < -0.39 is 0 Å². The second kappa shape index (κ2) is 2.69. The molecule has 0 spiro atoms. The van der Waals surface area contributed by atoms with Crippen LogP contribution in [-0.4, -0.2) is 5.78 Å². The van der Waals surface area contributed by atoms with Crippen LogP contribution in [0.1, 0.15) is 30.4 Å². The minimum Gasteiger partial charge on any atom is -0.299 e. The molecule has 1 saturated carbocycles. The van der Waals surface area contributed by atoms with E-state index in [0.29, 0.717) is 17.6 Å². The van der Waals surface area contributed by atoms with Crippen LogP contribution in [0, 0.1) is 11.8 Å². The summed E-state index contributed by atoms with van der Waals surface area (Å²) in [6, 6.07) is 8.61. The van der Waals surface area contributed by atoms with Gasteiger partial charge in [-0.25, -0.2) is 0 Å². The van der Waals surface area contributed by atoms with E-state index in [2.05, 4.69) is 31.2 Å². The highest BCUT2D eigenvalue weighted by molar-refractivity contribution is 5.92. The molecule has 0 N–H and O–H groups in total. The van der Waals surface area contributed by atoms with E-state index in [1.54, 1.807) is 0 Å². The van der Waals surface area contributed by atoms with Crippen molar-refractivity contribution in [1.82, 2.24) is 0 Å². The first kappa shape index (κ1) is 8.22. The zero-order valence-electron chi connectivity index (χ0n) is 8.36. The Kier molecular flexibility index (Phi) is 1.58. The van der Waals surface area contributed by atoms with E-state index >= 15 is 0 Å². The summed E-state index contributed by atoms with van der Waals surface area (Å²) in [5.41, 5.74) is 2.91. The Morgan fingerprint density at radius 1 is 1.29 bits per heavy atom. The third-order valence-electron chi connectivity index (χ3n) is 3.93. The zero-order valence-corrected chi connectivity index (χ0v) is 8.36. The Bertz CT molecular complexity index is 394. The topological polar surface area (TPSA) is 17.1 Å². The Labute approximate surface area is 84.1 Å². The van der Waals surface area contributed by atoms with Gasteiger partial charge in [0.15, 0.2) is 0 Å². The van der Waals surface area contributed by atoms with Gasteiger partial charge in [-0.2, -0.15) is 0 Å². The number of benzene rings is 1. The number of rotatable bonds is 0.